The van der Waals surface area contributed by atoms with Crippen molar-refractivity contribution in [1.29, 1.82) is 0 Å². The van der Waals surface area contributed by atoms with Crippen molar-refractivity contribution < 1.29 is 9.72 Å². The van der Waals surface area contributed by atoms with Crippen LogP contribution < -0.4 is 5.73 Å². The molecule has 20 heavy (non-hydrogen) atoms. The Hall–Kier alpha value is -1.82. The maximum Gasteiger partial charge on any atom is 0.271 e. The lowest BCUT2D eigenvalue weighted by molar-refractivity contribution is -0.384. The van der Waals surface area contributed by atoms with E-state index < -0.39 is 4.92 Å². The van der Waals surface area contributed by atoms with Crippen molar-refractivity contribution in [3.63, 3.8) is 0 Å². The number of nitrogens with zero attached hydrogens (tertiary/aromatic N) is 2. The average molecular weight is 298 g/mol. The summed E-state index contributed by atoms with van der Waals surface area (Å²) in [5.41, 5.74) is 5.80. The lowest BCUT2D eigenvalue weighted by atomic mass is 10.1. The monoisotopic (exact) mass is 297 g/mol. The molecule has 0 saturated carbocycles. The van der Waals surface area contributed by atoms with Crippen molar-refractivity contribution in [3.05, 3.63) is 32.8 Å². The summed E-state index contributed by atoms with van der Waals surface area (Å²) in [6, 6.07) is 2.37. The highest BCUT2D eigenvalue weighted by atomic mass is 35.5. The smallest absolute Gasteiger partial charge is 0.271 e. The van der Waals surface area contributed by atoms with Crippen molar-refractivity contribution in [3.8, 4) is 0 Å². The van der Waals surface area contributed by atoms with E-state index in [4.69, 9.17) is 17.3 Å². The predicted octanol–water partition coefficient (Wildman–Crippen LogP) is 2.85. The van der Waals surface area contributed by atoms with Gasteiger partial charge >= 0.3 is 0 Å². The number of carbonyl (C=O) groups excluding carboxylic acids is 1. The van der Waals surface area contributed by atoms with E-state index in [9.17, 15) is 14.9 Å². The molecule has 0 aliphatic carbocycles. The summed E-state index contributed by atoms with van der Waals surface area (Å²) < 4.78 is 0. The van der Waals surface area contributed by atoms with Gasteiger partial charge in [0.2, 0.25) is 0 Å². The first-order valence-corrected chi connectivity index (χ1v) is 6.91. The molecule has 1 aliphatic heterocycles. The minimum Gasteiger partial charge on any atom is -0.397 e. The lowest BCUT2D eigenvalue weighted by Crippen LogP contribution is -2.32. The molecule has 1 aromatic rings. The topological polar surface area (TPSA) is 89.5 Å². The number of likely N-dealkylation sites (tertiary alicyclic amines) is 1. The lowest BCUT2D eigenvalue weighted by Gasteiger charge is -2.21. The number of rotatable bonds is 2. The number of hydrogen-bond acceptors (Lipinski definition) is 4. The van der Waals surface area contributed by atoms with E-state index in [1.54, 1.807) is 4.90 Å². The van der Waals surface area contributed by atoms with Crippen LogP contribution >= 0.6 is 11.6 Å². The van der Waals surface area contributed by atoms with Gasteiger partial charge in [-0.1, -0.05) is 24.4 Å². The van der Waals surface area contributed by atoms with Crippen molar-refractivity contribution in [2.45, 2.75) is 25.7 Å². The molecule has 6 nitrogen and oxygen atoms in total. The standard InChI is InChI=1S/C13H16ClN3O3/c14-11-8-9(17(19)20)7-10(12(11)15)13(18)16-5-3-1-2-4-6-16/h7-8H,1-6,15H2. The number of hydrogen-bond donors (Lipinski definition) is 1. The van der Waals surface area contributed by atoms with Crippen molar-refractivity contribution >= 4 is 28.9 Å². The quantitative estimate of drug-likeness (QED) is 0.516. The zero-order chi connectivity index (χ0) is 14.7. The van der Waals surface area contributed by atoms with E-state index in [1.165, 1.54) is 6.07 Å². The number of nitrogen functional groups attached to an aromatic ring is 1. The fourth-order valence-electron chi connectivity index (χ4n) is 2.33. The van der Waals surface area contributed by atoms with Gasteiger partial charge < -0.3 is 10.6 Å². The Labute approximate surface area is 121 Å². The maximum absolute atomic E-state index is 12.5. The van der Waals surface area contributed by atoms with Gasteiger partial charge in [-0.25, -0.2) is 0 Å². The first-order valence-electron chi connectivity index (χ1n) is 6.53. The molecule has 1 fully saturated rings. The van der Waals surface area contributed by atoms with Crippen molar-refractivity contribution in [1.82, 2.24) is 4.90 Å². The van der Waals surface area contributed by atoms with Crippen LogP contribution in [0.4, 0.5) is 11.4 Å². The van der Waals surface area contributed by atoms with Crippen LogP contribution in [0, 0.1) is 10.1 Å². The van der Waals surface area contributed by atoms with Gasteiger partial charge in [0.05, 0.1) is 21.2 Å². The number of carbonyl (C=O) groups is 1. The van der Waals surface area contributed by atoms with Crippen LogP contribution in [0.25, 0.3) is 0 Å². The Bertz CT molecular complexity index is 540. The number of non-ortho nitro benzene ring substituents is 1. The summed E-state index contributed by atoms with van der Waals surface area (Å²) in [6.07, 6.45) is 4.06. The highest BCUT2D eigenvalue weighted by molar-refractivity contribution is 6.34. The van der Waals surface area contributed by atoms with Crippen LogP contribution in [0.15, 0.2) is 12.1 Å². The third-order valence-electron chi connectivity index (χ3n) is 3.45. The fraction of sp³-hybridized carbons (Fsp3) is 0.462. The molecule has 0 spiro atoms. The molecule has 1 saturated heterocycles. The van der Waals surface area contributed by atoms with Gasteiger partial charge in [-0.05, 0) is 12.8 Å². The summed E-state index contributed by atoms with van der Waals surface area (Å²) in [5, 5.41) is 10.9. The average Bonchev–Trinajstić information content (AvgIpc) is 2.69. The summed E-state index contributed by atoms with van der Waals surface area (Å²) in [5.74, 6) is -0.282. The van der Waals surface area contributed by atoms with Crippen LogP contribution in [-0.4, -0.2) is 28.8 Å². The zero-order valence-corrected chi connectivity index (χ0v) is 11.7. The number of nitrogens with two attached hydrogens (primary N) is 1. The second-order valence-corrected chi connectivity index (χ2v) is 5.26. The van der Waals surface area contributed by atoms with Gasteiger partial charge in [-0.2, -0.15) is 0 Å². The van der Waals surface area contributed by atoms with E-state index in [0.717, 1.165) is 31.7 Å². The minimum absolute atomic E-state index is 0.0392. The fourth-order valence-corrected chi connectivity index (χ4v) is 2.54. The number of benzene rings is 1. The first kappa shape index (κ1) is 14.6. The molecule has 108 valence electrons. The van der Waals surface area contributed by atoms with Gasteiger partial charge in [0.1, 0.15) is 0 Å². The number of nitro benzene ring substituents is 1. The molecule has 2 rings (SSSR count). The Morgan fingerprint density at radius 3 is 2.40 bits per heavy atom. The van der Waals surface area contributed by atoms with Crippen molar-refractivity contribution in [2.24, 2.45) is 0 Å². The second-order valence-electron chi connectivity index (χ2n) is 4.85. The molecule has 0 radical (unpaired) electrons. The molecule has 0 bridgehead atoms. The van der Waals surface area contributed by atoms with Gasteiger partial charge in [0, 0.05) is 25.2 Å². The number of halogens is 1. The van der Waals surface area contributed by atoms with E-state index in [0.29, 0.717) is 13.1 Å². The largest absolute Gasteiger partial charge is 0.397 e. The van der Waals surface area contributed by atoms with Crippen LogP contribution in [0.5, 0.6) is 0 Å². The summed E-state index contributed by atoms with van der Waals surface area (Å²) >= 11 is 5.88. The number of nitro groups is 1. The molecule has 1 heterocycles. The van der Waals surface area contributed by atoms with Crippen molar-refractivity contribution in [2.75, 3.05) is 18.8 Å². The molecule has 0 atom stereocenters. The molecular weight excluding hydrogens is 282 g/mol. The summed E-state index contributed by atoms with van der Waals surface area (Å²) in [6.45, 7) is 1.30. The van der Waals surface area contributed by atoms with Crippen LogP contribution in [0.2, 0.25) is 5.02 Å². The predicted molar refractivity (Wildman–Crippen MR) is 76.9 cm³/mol. The third kappa shape index (κ3) is 3.01. The molecule has 1 aliphatic rings. The number of anilines is 1. The normalized spacial score (nSPS) is 15.8. The second kappa shape index (κ2) is 6.09. The molecular formula is C13H16ClN3O3. The highest BCUT2D eigenvalue weighted by Crippen LogP contribution is 2.30. The van der Waals surface area contributed by atoms with Crippen LogP contribution in [0.3, 0.4) is 0 Å². The Kier molecular flexibility index (Phi) is 4.44. The summed E-state index contributed by atoms with van der Waals surface area (Å²) in [4.78, 5) is 24.4. The van der Waals surface area contributed by atoms with E-state index in [-0.39, 0.29) is 27.9 Å². The van der Waals surface area contributed by atoms with Crippen LogP contribution in [-0.2, 0) is 0 Å². The third-order valence-corrected chi connectivity index (χ3v) is 3.76. The van der Waals surface area contributed by atoms with E-state index >= 15 is 0 Å². The van der Waals surface area contributed by atoms with E-state index in [2.05, 4.69) is 0 Å². The maximum atomic E-state index is 12.5. The van der Waals surface area contributed by atoms with Gasteiger partial charge in [0.15, 0.2) is 0 Å². The molecule has 0 unspecified atom stereocenters. The molecule has 7 heteroatoms. The highest BCUT2D eigenvalue weighted by Gasteiger charge is 2.23. The minimum atomic E-state index is -0.579. The Morgan fingerprint density at radius 1 is 1.25 bits per heavy atom. The number of amides is 1. The zero-order valence-electron chi connectivity index (χ0n) is 11.0. The molecule has 1 aromatic carbocycles. The van der Waals surface area contributed by atoms with Gasteiger partial charge in [-0.3, -0.25) is 14.9 Å². The molecule has 2 N–H and O–H groups in total. The first-order chi connectivity index (χ1) is 9.50. The van der Waals surface area contributed by atoms with Gasteiger partial charge in [0.25, 0.3) is 11.6 Å². The molecule has 1 amide bonds. The van der Waals surface area contributed by atoms with E-state index in [1.807, 2.05) is 0 Å². The van der Waals surface area contributed by atoms with Gasteiger partial charge in [-0.15, -0.1) is 0 Å². The Morgan fingerprint density at radius 2 is 1.85 bits per heavy atom. The summed E-state index contributed by atoms with van der Waals surface area (Å²) in [7, 11) is 0. The SMILES string of the molecule is Nc1c(Cl)cc([N+](=O)[O-])cc1C(=O)N1CCCCCC1. The van der Waals surface area contributed by atoms with Crippen LogP contribution in [0.1, 0.15) is 36.0 Å². The molecule has 0 aromatic heterocycles. The Balaban J connectivity index is 2.35.